The SMILES string of the molecule is CSC(N=N)=[N+](C)C#N. The number of nitriles is 1. The zero-order valence-electron chi connectivity index (χ0n) is 5.25. The van der Waals surface area contributed by atoms with Gasteiger partial charge in [0.05, 0.1) is 7.05 Å². The Morgan fingerprint density at radius 1 is 1.89 bits per heavy atom. The van der Waals surface area contributed by atoms with Crippen LogP contribution in [0.3, 0.4) is 0 Å². The minimum atomic E-state index is 0.400. The van der Waals surface area contributed by atoms with Gasteiger partial charge < -0.3 is 0 Å². The van der Waals surface area contributed by atoms with E-state index in [2.05, 4.69) is 5.11 Å². The average Bonchev–Trinajstić information content (AvgIpc) is 1.90. The molecular weight excluding hydrogens is 136 g/mol. The minimum absolute atomic E-state index is 0.400. The number of hydrogen-bond donors (Lipinski definition) is 1. The smallest absolute Gasteiger partial charge is 0.170 e. The second-order valence-electron chi connectivity index (χ2n) is 1.26. The Labute approximate surface area is 57.7 Å². The van der Waals surface area contributed by atoms with Crippen LogP contribution in [0.25, 0.3) is 0 Å². The van der Waals surface area contributed by atoms with Gasteiger partial charge in [-0.3, -0.25) is 0 Å². The first-order valence-electron chi connectivity index (χ1n) is 2.18. The number of rotatable bonds is 0. The number of hydrogen-bond acceptors (Lipinski definition) is 3. The molecule has 48 valence electrons. The fourth-order valence-electron chi connectivity index (χ4n) is 0.300. The Balaban J connectivity index is 4.42. The van der Waals surface area contributed by atoms with E-state index in [1.165, 1.54) is 16.3 Å². The lowest BCUT2D eigenvalue weighted by Gasteiger charge is -1.85. The molecule has 0 spiro atoms. The van der Waals surface area contributed by atoms with Crippen LogP contribution in [0.4, 0.5) is 0 Å². The normalized spacial score (nSPS) is 11.7. The van der Waals surface area contributed by atoms with Gasteiger partial charge >= 0.3 is 11.4 Å². The largest absolute Gasteiger partial charge is 0.370 e. The van der Waals surface area contributed by atoms with Crippen LogP contribution >= 0.6 is 11.8 Å². The van der Waals surface area contributed by atoms with Gasteiger partial charge in [-0.15, -0.1) is 5.53 Å². The van der Waals surface area contributed by atoms with Crippen LogP contribution in [0.1, 0.15) is 0 Å². The van der Waals surface area contributed by atoms with E-state index in [-0.39, 0.29) is 0 Å². The molecule has 1 N–H and O–H groups in total. The molecule has 0 fully saturated rings. The number of thioether (sulfide) groups is 1. The van der Waals surface area contributed by atoms with Crippen molar-refractivity contribution >= 4 is 16.9 Å². The molecule has 0 atom stereocenters. The Kier molecular flexibility index (Phi) is 3.64. The molecule has 0 aromatic carbocycles. The molecule has 0 saturated carbocycles. The first-order chi connectivity index (χ1) is 4.26. The van der Waals surface area contributed by atoms with Gasteiger partial charge in [-0.1, -0.05) is 11.8 Å². The Bertz CT molecular complexity index is 177. The molecule has 0 aromatic rings. The molecule has 0 amide bonds. The van der Waals surface area contributed by atoms with Gasteiger partial charge in [0, 0.05) is 10.4 Å². The Hall–Kier alpha value is -0.890. The van der Waals surface area contributed by atoms with Crippen molar-refractivity contribution in [3.05, 3.63) is 0 Å². The van der Waals surface area contributed by atoms with Crippen molar-refractivity contribution in [1.29, 1.82) is 10.8 Å². The summed E-state index contributed by atoms with van der Waals surface area (Å²) in [7, 11) is 1.56. The van der Waals surface area contributed by atoms with E-state index in [9.17, 15) is 0 Å². The third kappa shape index (κ3) is 2.24. The molecule has 0 unspecified atom stereocenters. The predicted molar refractivity (Wildman–Crippen MR) is 35.5 cm³/mol. The molecule has 0 aromatic heterocycles. The van der Waals surface area contributed by atoms with Crippen molar-refractivity contribution < 1.29 is 4.58 Å². The summed E-state index contributed by atoms with van der Waals surface area (Å²) in [6.45, 7) is 0. The summed E-state index contributed by atoms with van der Waals surface area (Å²) in [6, 6.07) is 0. The Morgan fingerprint density at radius 3 is 2.56 bits per heavy atom. The molecule has 0 aliphatic rings. The zero-order chi connectivity index (χ0) is 7.28. The third-order valence-corrected chi connectivity index (χ3v) is 1.45. The molecule has 0 radical (unpaired) electrons. The van der Waals surface area contributed by atoms with Crippen molar-refractivity contribution in [2.45, 2.75) is 0 Å². The van der Waals surface area contributed by atoms with E-state index >= 15 is 0 Å². The van der Waals surface area contributed by atoms with E-state index in [4.69, 9.17) is 10.8 Å². The van der Waals surface area contributed by atoms with Crippen molar-refractivity contribution in [2.75, 3.05) is 13.3 Å². The van der Waals surface area contributed by atoms with Gasteiger partial charge in [0.1, 0.15) is 0 Å². The van der Waals surface area contributed by atoms with Crippen molar-refractivity contribution in [2.24, 2.45) is 5.11 Å². The zero-order valence-corrected chi connectivity index (χ0v) is 6.07. The third-order valence-electron chi connectivity index (χ3n) is 0.715. The predicted octanol–water partition coefficient (Wildman–Crippen LogP) is 0.860. The molecule has 0 rings (SSSR count). The maximum atomic E-state index is 8.27. The quantitative estimate of drug-likeness (QED) is 0.136. The summed E-state index contributed by atoms with van der Waals surface area (Å²) in [6.07, 6.45) is 3.59. The molecule has 0 aliphatic carbocycles. The van der Waals surface area contributed by atoms with E-state index in [1.807, 2.05) is 6.19 Å². The lowest BCUT2D eigenvalue weighted by atomic mass is 11.0. The second-order valence-corrected chi connectivity index (χ2v) is 2.03. The van der Waals surface area contributed by atoms with Gasteiger partial charge in [-0.05, 0) is 6.26 Å². The van der Waals surface area contributed by atoms with Gasteiger partial charge in [-0.25, -0.2) is 0 Å². The molecule has 4 nitrogen and oxygen atoms in total. The van der Waals surface area contributed by atoms with E-state index < -0.39 is 0 Å². The molecule has 0 heterocycles. The molecule has 5 heteroatoms. The van der Waals surface area contributed by atoms with E-state index in [1.54, 1.807) is 13.3 Å². The lowest BCUT2D eigenvalue weighted by Crippen LogP contribution is -2.04. The molecular formula is C4H7N4S+. The Morgan fingerprint density at radius 2 is 2.44 bits per heavy atom. The van der Waals surface area contributed by atoms with Crippen LogP contribution in [-0.4, -0.2) is 23.0 Å². The summed E-state index contributed by atoms with van der Waals surface area (Å²) in [4.78, 5) is 0. The van der Waals surface area contributed by atoms with Crippen LogP contribution in [0.15, 0.2) is 5.11 Å². The highest BCUT2D eigenvalue weighted by Crippen LogP contribution is 1.96. The van der Waals surface area contributed by atoms with Crippen LogP contribution in [-0.2, 0) is 0 Å². The number of nitrogens with one attached hydrogen (secondary N) is 1. The van der Waals surface area contributed by atoms with Crippen molar-refractivity contribution in [3.8, 4) is 6.19 Å². The van der Waals surface area contributed by atoms with Crippen LogP contribution in [0.5, 0.6) is 0 Å². The fraction of sp³-hybridized carbons (Fsp3) is 0.500. The van der Waals surface area contributed by atoms with Gasteiger partial charge in [0.25, 0.3) is 0 Å². The average molecular weight is 143 g/mol. The van der Waals surface area contributed by atoms with Gasteiger partial charge in [0.2, 0.25) is 0 Å². The highest BCUT2D eigenvalue weighted by molar-refractivity contribution is 8.13. The molecule has 0 bridgehead atoms. The number of amidine groups is 1. The van der Waals surface area contributed by atoms with Crippen LogP contribution in [0, 0.1) is 17.0 Å². The maximum absolute atomic E-state index is 8.27. The summed E-state index contributed by atoms with van der Waals surface area (Å²) in [5, 5.41) is 11.8. The summed E-state index contributed by atoms with van der Waals surface area (Å²) in [5.74, 6) is 0. The monoisotopic (exact) mass is 143 g/mol. The second kappa shape index (κ2) is 4.04. The van der Waals surface area contributed by atoms with Crippen LogP contribution in [0.2, 0.25) is 0 Å². The highest BCUT2D eigenvalue weighted by Gasteiger charge is 2.03. The molecule has 0 saturated heterocycles. The maximum Gasteiger partial charge on any atom is 0.370 e. The first kappa shape index (κ1) is 8.11. The summed E-state index contributed by atoms with van der Waals surface area (Å²) < 4.78 is 1.23. The number of nitrogens with zero attached hydrogens (tertiary/aromatic N) is 3. The minimum Gasteiger partial charge on any atom is -0.170 e. The lowest BCUT2D eigenvalue weighted by molar-refractivity contribution is -0.401. The van der Waals surface area contributed by atoms with Gasteiger partial charge in [0.15, 0.2) is 0 Å². The van der Waals surface area contributed by atoms with E-state index in [0.717, 1.165) is 0 Å². The summed E-state index contributed by atoms with van der Waals surface area (Å²) >= 11 is 1.27. The van der Waals surface area contributed by atoms with Crippen LogP contribution < -0.4 is 0 Å². The topological polar surface area (TPSA) is 63.0 Å². The summed E-state index contributed by atoms with van der Waals surface area (Å²) in [5.41, 5.74) is 6.57. The highest BCUT2D eigenvalue weighted by atomic mass is 32.2. The van der Waals surface area contributed by atoms with Crippen molar-refractivity contribution in [1.82, 2.24) is 0 Å². The van der Waals surface area contributed by atoms with Gasteiger partial charge in [-0.2, -0.15) is 4.58 Å². The molecule has 9 heavy (non-hydrogen) atoms. The van der Waals surface area contributed by atoms with Crippen molar-refractivity contribution in [3.63, 3.8) is 0 Å². The van der Waals surface area contributed by atoms with E-state index in [0.29, 0.717) is 5.17 Å². The first-order valence-corrected chi connectivity index (χ1v) is 3.40. The fourth-order valence-corrected chi connectivity index (χ4v) is 0.706. The standard InChI is InChI=1S/C4H7N4S/c1-8(3-5)4(7-6)9-2/h6H,1-2H3/q+1. The molecule has 0 aliphatic heterocycles.